The molecule has 9 heteroatoms. The molecule has 2 unspecified atom stereocenters. The van der Waals surface area contributed by atoms with Gasteiger partial charge in [0.25, 0.3) is 5.91 Å². The van der Waals surface area contributed by atoms with Gasteiger partial charge in [-0.3, -0.25) is 14.1 Å². The molecular weight excluding hydrogens is 357 g/mol. The predicted octanol–water partition coefficient (Wildman–Crippen LogP) is 1.75. The van der Waals surface area contributed by atoms with Crippen molar-refractivity contribution >= 4 is 28.5 Å². The highest BCUT2D eigenvalue weighted by molar-refractivity contribution is 7.83. The van der Waals surface area contributed by atoms with Crippen molar-refractivity contribution in [2.75, 3.05) is 18.1 Å². The highest BCUT2D eigenvalue weighted by atomic mass is 32.2. The van der Waals surface area contributed by atoms with Crippen LogP contribution >= 0.6 is 0 Å². The van der Waals surface area contributed by atoms with E-state index in [4.69, 9.17) is 5.73 Å². The van der Waals surface area contributed by atoms with Gasteiger partial charge < -0.3 is 11.1 Å². The van der Waals surface area contributed by atoms with Crippen molar-refractivity contribution in [1.29, 1.82) is 0 Å². The second-order valence-electron chi connectivity index (χ2n) is 5.90. The Morgan fingerprint density at radius 2 is 2.15 bits per heavy atom. The molecule has 0 bridgehead atoms. The van der Waals surface area contributed by atoms with E-state index in [1.807, 2.05) is 6.92 Å². The molecule has 0 saturated heterocycles. The van der Waals surface area contributed by atoms with E-state index in [-0.39, 0.29) is 23.0 Å². The standard InChI is InChI=1S/C17H18FN5O2S/c1-10-3-6-14(20-8-10)16(24)21-11-4-5-13(18)12(7-11)15-9-26(25)23(2)17(19)22-15/h3-8,15H,9H2,1-2H3,(H2,19,22)(H,21,24). The Morgan fingerprint density at radius 3 is 2.81 bits per heavy atom. The number of amides is 1. The summed E-state index contributed by atoms with van der Waals surface area (Å²) >= 11 is 0. The number of aromatic nitrogens is 1. The third-order valence-corrected chi connectivity index (χ3v) is 5.37. The number of hydrogen-bond acceptors (Lipinski definition) is 5. The smallest absolute Gasteiger partial charge is 0.274 e. The van der Waals surface area contributed by atoms with Crippen LogP contribution in [0.15, 0.2) is 41.5 Å². The van der Waals surface area contributed by atoms with Crippen LogP contribution in [-0.2, 0) is 11.0 Å². The number of aryl methyl sites for hydroxylation is 1. The van der Waals surface area contributed by atoms with Gasteiger partial charge >= 0.3 is 0 Å². The van der Waals surface area contributed by atoms with Crippen molar-refractivity contribution in [3.8, 4) is 0 Å². The van der Waals surface area contributed by atoms with Crippen LogP contribution < -0.4 is 11.1 Å². The Kier molecular flexibility index (Phi) is 4.99. The van der Waals surface area contributed by atoms with Crippen molar-refractivity contribution in [1.82, 2.24) is 9.29 Å². The molecular formula is C17H18FN5O2S. The molecule has 1 aromatic carbocycles. The molecule has 0 spiro atoms. The molecule has 0 aliphatic carbocycles. The van der Waals surface area contributed by atoms with E-state index in [1.54, 1.807) is 25.4 Å². The van der Waals surface area contributed by atoms with E-state index in [0.29, 0.717) is 5.69 Å². The van der Waals surface area contributed by atoms with Crippen molar-refractivity contribution in [3.63, 3.8) is 0 Å². The fraction of sp³-hybridized carbons (Fsp3) is 0.235. The first-order chi connectivity index (χ1) is 12.3. The third-order valence-electron chi connectivity index (χ3n) is 3.97. The van der Waals surface area contributed by atoms with Gasteiger partial charge in [0.15, 0.2) is 0 Å². The summed E-state index contributed by atoms with van der Waals surface area (Å²) in [4.78, 5) is 20.5. The van der Waals surface area contributed by atoms with Crippen molar-refractivity contribution in [3.05, 3.63) is 59.2 Å². The quantitative estimate of drug-likeness (QED) is 0.853. The van der Waals surface area contributed by atoms with Gasteiger partial charge in [0.05, 0.1) is 11.8 Å². The normalized spacial score (nSPS) is 19.8. The Morgan fingerprint density at radius 1 is 1.38 bits per heavy atom. The van der Waals surface area contributed by atoms with Crippen LogP contribution in [0.3, 0.4) is 0 Å². The zero-order valence-electron chi connectivity index (χ0n) is 14.3. The van der Waals surface area contributed by atoms with E-state index in [0.717, 1.165) is 5.56 Å². The van der Waals surface area contributed by atoms with Crippen LogP contribution in [0.25, 0.3) is 0 Å². The second-order valence-corrected chi connectivity index (χ2v) is 7.42. The number of carbonyl (C=O) groups excluding carboxylic acids is 1. The SMILES string of the molecule is Cc1ccc(C(=O)Nc2ccc(F)c(C3CS(=O)N(C)C(N)=N3)c2)nc1. The molecule has 1 aliphatic rings. The molecule has 26 heavy (non-hydrogen) atoms. The Balaban J connectivity index is 1.85. The third kappa shape index (κ3) is 3.72. The van der Waals surface area contributed by atoms with Gasteiger partial charge in [0.2, 0.25) is 5.96 Å². The number of pyridine rings is 1. The van der Waals surface area contributed by atoms with Gasteiger partial charge in [-0.1, -0.05) is 6.07 Å². The van der Waals surface area contributed by atoms with Crippen LogP contribution in [0.2, 0.25) is 0 Å². The van der Waals surface area contributed by atoms with Gasteiger partial charge in [-0.2, -0.15) is 0 Å². The average Bonchev–Trinajstić information content (AvgIpc) is 2.61. The van der Waals surface area contributed by atoms with Crippen molar-refractivity contribution < 1.29 is 13.4 Å². The lowest BCUT2D eigenvalue weighted by atomic mass is 10.1. The van der Waals surface area contributed by atoms with Crippen molar-refractivity contribution in [2.24, 2.45) is 10.7 Å². The number of rotatable bonds is 3. The first-order valence-electron chi connectivity index (χ1n) is 7.84. The number of nitrogens with two attached hydrogens (primary N) is 1. The van der Waals surface area contributed by atoms with E-state index in [2.05, 4.69) is 15.3 Å². The number of guanidine groups is 1. The Bertz CT molecular complexity index is 901. The lowest BCUT2D eigenvalue weighted by Crippen LogP contribution is -2.41. The molecule has 3 N–H and O–H groups in total. The summed E-state index contributed by atoms with van der Waals surface area (Å²) in [6, 6.07) is 6.88. The first kappa shape index (κ1) is 18.0. The zero-order chi connectivity index (χ0) is 18.8. The summed E-state index contributed by atoms with van der Waals surface area (Å²) in [5.41, 5.74) is 7.55. The maximum Gasteiger partial charge on any atom is 0.274 e. The minimum Gasteiger partial charge on any atom is -0.369 e. The average molecular weight is 375 g/mol. The number of nitrogens with one attached hydrogen (secondary N) is 1. The fourth-order valence-electron chi connectivity index (χ4n) is 2.46. The van der Waals surface area contributed by atoms with E-state index in [9.17, 15) is 13.4 Å². The molecule has 2 aromatic rings. The minimum absolute atomic E-state index is 0.0808. The van der Waals surface area contributed by atoms with Gasteiger partial charge in [-0.05, 0) is 36.8 Å². The Labute approximate surface area is 152 Å². The van der Waals surface area contributed by atoms with Crippen LogP contribution in [0.1, 0.15) is 27.7 Å². The predicted molar refractivity (Wildman–Crippen MR) is 98.5 cm³/mol. The zero-order valence-corrected chi connectivity index (χ0v) is 15.1. The van der Waals surface area contributed by atoms with Crippen LogP contribution in [0.5, 0.6) is 0 Å². The summed E-state index contributed by atoms with van der Waals surface area (Å²) < 4.78 is 27.6. The van der Waals surface area contributed by atoms with E-state index >= 15 is 0 Å². The van der Waals surface area contributed by atoms with E-state index < -0.39 is 28.8 Å². The first-order valence-corrected chi connectivity index (χ1v) is 9.11. The molecule has 3 rings (SSSR count). The highest BCUT2D eigenvalue weighted by Crippen LogP contribution is 2.28. The molecule has 136 valence electrons. The Hall–Kier alpha value is -2.81. The van der Waals surface area contributed by atoms with Crippen LogP contribution in [0.4, 0.5) is 10.1 Å². The van der Waals surface area contributed by atoms with Gasteiger partial charge in [0, 0.05) is 24.5 Å². The largest absolute Gasteiger partial charge is 0.369 e. The number of carbonyl (C=O) groups is 1. The minimum atomic E-state index is -1.39. The molecule has 0 saturated carbocycles. The molecule has 1 aromatic heterocycles. The lowest BCUT2D eigenvalue weighted by Gasteiger charge is -2.26. The summed E-state index contributed by atoms with van der Waals surface area (Å²) in [6.07, 6.45) is 1.59. The van der Waals surface area contributed by atoms with Crippen LogP contribution in [-0.4, -0.2) is 38.2 Å². The molecule has 1 amide bonds. The van der Waals surface area contributed by atoms with Gasteiger partial charge in [-0.25, -0.2) is 13.6 Å². The molecule has 7 nitrogen and oxygen atoms in total. The monoisotopic (exact) mass is 375 g/mol. The van der Waals surface area contributed by atoms with Crippen LogP contribution in [0, 0.1) is 12.7 Å². The van der Waals surface area contributed by atoms with E-state index in [1.165, 1.54) is 22.5 Å². The number of nitrogens with zero attached hydrogens (tertiary/aromatic N) is 3. The molecule has 2 atom stereocenters. The maximum atomic E-state index is 14.3. The molecule has 1 aliphatic heterocycles. The second kappa shape index (κ2) is 7.20. The number of halogens is 1. The highest BCUT2D eigenvalue weighted by Gasteiger charge is 2.27. The lowest BCUT2D eigenvalue weighted by molar-refractivity contribution is 0.102. The van der Waals surface area contributed by atoms with Gasteiger partial charge in [0.1, 0.15) is 22.5 Å². The summed E-state index contributed by atoms with van der Waals surface area (Å²) in [6.45, 7) is 1.87. The van der Waals surface area contributed by atoms with Crippen molar-refractivity contribution in [2.45, 2.75) is 13.0 Å². The number of hydrogen-bond donors (Lipinski definition) is 2. The fourth-order valence-corrected chi connectivity index (χ4v) is 3.47. The topological polar surface area (TPSA) is 101 Å². The maximum absolute atomic E-state index is 14.3. The van der Waals surface area contributed by atoms with Gasteiger partial charge in [-0.15, -0.1) is 0 Å². The molecule has 0 radical (unpaired) electrons. The molecule has 2 heterocycles. The molecule has 0 fully saturated rings. The summed E-state index contributed by atoms with van der Waals surface area (Å²) in [7, 11) is 0.173. The number of benzene rings is 1. The summed E-state index contributed by atoms with van der Waals surface area (Å²) in [5.74, 6) is -0.709. The summed E-state index contributed by atoms with van der Waals surface area (Å²) in [5, 5.41) is 2.68. The number of aliphatic imine (C=N–C) groups is 1. The number of anilines is 1.